The van der Waals surface area contributed by atoms with E-state index in [4.69, 9.17) is 4.98 Å². The zero-order valence-corrected chi connectivity index (χ0v) is 25.2. The van der Waals surface area contributed by atoms with Crippen LogP contribution in [0, 0.1) is 11.7 Å². The standard InChI is InChI=1S/C30H41FN6O3S/c1-19(2)37-28-22(17-32-30(34-28)33-23-10-12-24(13-11-23)36(3)4)15-25(29(37)38)21-9-14-27(26(31)16-21)35-41(39,40)18-20-7-5-6-8-20/h9,14-17,19-20,23-24,35H,5-8,10-13,18H2,1-4H3,(H,32,33,34)/t23-,24-. The molecule has 2 aliphatic rings. The Morgan fingerprint density at radius 2 is 1.78 bits per heavy atom. The molecule has 1 aromatic carbocycles. The first-order valence-corrected chi connectivity index (χ1v) is 16.3. The van der Waals surface area contributed by atoms with Gasteiger partial charge in [-0.1, -0.05) is 18.9 Å². The van der Waals surface area contributed by atoms with E-state index in [0.717, 1.165) is 51.4 Å². The molecule has 0 atom stereocenters. The quantitative estimate of drug-likeness (QED) is 0.347. The molecule has 9 nitrogen and oxygen atoms in total. The fourth-order valence-electron chi connectivity index (χ4n) is 6.26. The molecule has 2 heterocycles. The maximum absolute atomic E-state index is 15.2. The molecule has 41 heavy (non-hydrogen) atoms. The molecule has 5 rings (SSSR count). The van der Waals surface area contributed by atoms with Gasteiger partial charge in [0, 0.05) is 35.3 Å². The minimum atomic E-state index is -3.68. The zero-order chi connectivity index (χ0) is 29.3. The van der Waals surface area contributed by atoms with Crippen molar-refractivity contribution in [2.45, 2.75) is 83.3 Å². The van der Waals surface area contributed by atoms with Crippen molar-refractivity contribution in [1.82, 2.24) is 19.4 Å². The summed E-state index contributed by atoms with van der Waals surface area (Å²) < 4.78 is 44.4. The van der Waals surface area contributed by atoms with Crippen LogP contribution >= 0.6 is 0 Å². The van der Waals surface area contributed by atoms with Crippen molar-refractivity contribution in [1.29, 1.82) is 0 Å². The number of nitrogens with one attached hydrogen (secondary N) is 2. The monoisotopic (exact) mass is 584 g/mol. The van der Waals surface area contributed by atoms with Gasteiger partial charge in [0.15, 0.2) is 0 Å². The summed E-state index contributed by atoms with van der Waals surface area (Å²) in [6.45, 7) is 3.82. The summed E-state index contributed by atoms with van der Waals surface area (Å²) in [6.07, 6.45) is 9.78. The highest BCUT2D eigenvalue weighted by Gasteiger charge is 2.25. The number of sulfonamides is 1. The van der Waals surface area contributed by atoms with Crippen molar-refractivity contribution in [3.05, 3.63) is 46.6 Å². The Bertz CT molecular complexity index is 1560. The van der Waals surface area contributed by atoms with E-state index in [0.29, 0.717) is 34.2 Å². The van der Waals surface area contributed by atoms with Crippen LogP contribution in [0.15, 0.2) is 35.3 Å². The number of pyridine rings is 1. The van der Waals surface area contributed by atoms with Crippen LogP contribution in [0.3, 0.4) is 0 Å². The molecule has 11 heteroatoms. The second kappa shape index (κ2) is 12.1. The van der Waals surface area contributed by atoms with E-state index in [-0.39, 0.29) is 35.0 Å². The van der Waals surface area contributed by atoms with Gasteiger partial charge in [-0.25, -0.2) is 17.8 Å². The topological polar surface area (TPSA) is 109 Å². The van der Waals surface area contributed by atoms with E-state index in [1.54, 1.807) is 22.9 Å². The number of hydrogen-bond acceptors (Lipinski definition) is 7. The average molecular weight is 585 g/mol. The van der Waals surface area contributed by atoms with Gasteiger partial charge in [0.25, 0.3) is 5.56 Å². The largest absolute Gasteiger partial charge is 0.351 e. The van der Waals surface area contributed by atoms with E-state index in [9.17, 15) is 13.2 Å². The molecule has 0 amide bonds. The Labute approximate surface area is 241 Å². The number of rotatable bonds is 9. The van der Waals surface area contributed by atoms with Crippen LogP contribution in [0.1, 0.15) is 71.3 Å². The van der Waals surface area contributed by atoms with Crippen molar-refractivity contribution >= 4 is 32.7 Å². The molecule has 222 valence electrons. The Balaban J connectivity index is 1.40. The molecule has 0 bridgehead atoms. The Hall–Kier alpha value is -3.05. The minimum absolute atomic E-state index is 0.00778. The van der Waals surface area contributed by atoms with Gasteiger partial charge in [-0.15, -0.1) is 0 Å². The maximum Gasteiger partial charge on any atom is 0.260 e. The van der Waals surface area contributed by atoms with Gasteiger partial charge in [-0.3, -0.25) is 14.1 Å². The molecule has 2 saturated carbocycles. The van der Waals surface area contributed by atoms with Crippen LogP contribution in [-0.4, -0.2) is 59.8 Å². The summed E-state index contributed by atoms with van der Waals surface area (Å²) in [5, 5.41) is 4.12. The predicted molar refractivity (Wildman–Crippen MR) is 162 cm³/mol. The number of hydrogen-bond donors (Lipinski definition) is 2. The predicted octanol–water partition coefficient (Wildman–Crippen LogP) is 5.40. The van der Waals surface area contributed by atoms with Crippen LogP contribution in [0.5, 0.6) is 0 Å². The van der Waals surface area contributed by atoms with Gasteiger partial charge < -0.3 is 10.2 Å². The second-order valence-corrected chi connectivity index (χ2v) is 13.9. The Morgan fingerprint density at radius 3 is 2.41 bits per heavy atom. The molecular formula is C30H41FN6O3S. The minimum Gasteiger partial charge on any atom is -0.351 e. The van der Waals surface area contributed by atoms with Crippen LogP contribution in [0.2, 0.25) is 0 Å². The molecule has 0 saturated heterocycles. The van der Waals surface area contributed by atoms with Crippen molar-refractivity contribution in [3.63, 3.8) is 0 Å². The lowest BCUT2D eigenvalue weighted by molar-refractivity contribution is 0.221. The number of halogens is 1. The van der Waals surface area contributed by atoms with E-state index >= 15 is 4.39 Å². The lowest BCUT2D eigenvalue weighted by Gasteiger charge is -2.33. The summed E-state index contributed by atoms with van der Waals surface area (Å²) in [7, 11) is 0.560. The first kappa shape index (κ1) is 29.4. The van der Waals surface area contributed by atoms with Crippen molar-refractivity contribution in [2.75, 3.05) is 29.9 Å². The molecule has 0 spiro atoms. The number of anilines is 2. The number of fused-ring (bicyclic) bond motifs is 1. The molecule has 0 radical (unpaired) electrons. The van der Waals surface area contributed by atoms with Gasteiger partial charge >= 0.3 is 0 Å². The van der Waals surface area contributed by atoms with Crippen molar-refractivity contribution in [2.24, 2.45) is 5.92 Å². The molecular weight excluding hydrogens is 543 g/mol. The van der Waals surface area contributed by atoms with Gasteiger partial charge in [0.2, 0.25) is 16.0 Å². The van der Waals surface area contributed by atoms with Crippen molar-refractivity contribution in [3.8, 4) is 11.1 Å². The molecule has 2 aliphatic carbocycles. The molecule has 2 fully saturated rings. The highest BCUT2D eigenvalue weighted by atomic mass is 32.2. The van der Waals surface area contributed by atoms with Crippen LogP contribution < -0.4 is 15.6 Å². The first-order chi connectivity index (χ1) is 19.5. The SMILES string of the molecule is CC(C)n1c(=O)c(-c2ccc(NS(=O)(=O)CC3CCCC3)c(F)c2)cc2cnc(N[C@H]3CC[C@H](N(C)C)CC3)nc21. The van der Waals surface area contributed by atoms with Gasteiger partial charge in [0.05, 0.1) is 11.4 Å². The first-order valence-electron chi connectivity index (χ1n) is 14.7. The number of benzene rings is 1. The highest BCUT2D eigenvalue weighted by molar-refractivity contribution is 7.92. The van der Waals surface area contributed by atoms with E-state index in [1.165, 1.54) is 12.1 Å². The van der Waals surface area contributed by atoms with Crippen molar-refractivity contribution < 1.29 is 12.8 Å². The number of nitrogens with zero attached hydrogens (tertiary/aromatic N) is 4. The third kappa shape index (κ3) is 6.72. The normalized spacial score (nSPS) is 20.3. The smallest absolute Gasteiger partial charge is 0.260 e. The van der Waals surface area contributed by atoms with E-state index in [2.05, 4.69) is 34.0 Å². The van der Waals surface area contributed by atoms with Crippen LogP contribution in [-0.2, 0) is 10.0 Å². The number of aromatic nitrogens is 3. The Morgan fingerprint density at radius 1 is 1.07 bits per heavy atom. The third-order valence-electron chi connectivity index (χ3n) is 8.53. The van der Waals surface area contributed by atoms with Gasteiger partial charge in [0.1, 0.15) is 11.5 Å². The maximum atomic E-state index is 15.2. The summed E-state index contributed by atoms with van der Waals surface area (Å²) >= 11 is 0. The zero-order valence-electron chi connectivity index (χ0n) is 24.4. The second-order valence-electron chi connectivity index (χ2n) is 12.1. The van der Waals surface area contributed by atoms with Gasteiger partial charge in [-0.2, -0.15) is 4.98 Å². The average Bonchev–Trinajstić information content (AvgIpc) is 3.42. The molecule has 3 aromatic rings. The summed E-state index contributed by atoms with van der Waals surface area (Å²) in [5.41, 5.74) is 0.775. The van der Waals surface area contributed by atoms with E-state index < -0.39 is 15.8 Å². The van der Waals surface area contributed by atoms with Crippen LogP contribution in [0.25, 0.3) is 22.2 Å². The fourth-order valence-corrected chi connectivity index (χ4v) is 7.79. The molecule has 2 aromatic heterocycles. The van der Waals surface area contributed by atoms with E-state index in [1.807, 2.05) is 13.8 Å². The molecule has 2 N–H and O–H groups in total. The summed E-state index contributed by atoms with van der Waals surface area (Å²) in [6, 6.07) is 6.52. The lowest BCUT2D eigenvalue weighted by Crippen LogP contribution is -2.36. The van der Waals surface area contributed by atoms with Crippen LogP contribution in [0.4, 0.5) is 16.0 Å². The highest BCUT2D eigenvalue weighted by Crippen LogP contribution is 2.29. The summed E-state index contributed by atoms with van der Waals surface area (Å²) in [5.74, 6) is -0.134. The molecule has 0 aliphatic heterocycles. The van der Waals surface area contributed by atoms with Gasteiger partial charge in [-0.05, 0) is 96.1 Å². The third-order valence-corrected chi connectivity index (χ3v) is 9.97. The Kier molecular flexibility index (Phi) is 8.65. The molecule has 0 unspecified atom stereocenters. The lowest BCUT2D eigenvalue weighted by atomic mass is 9.91. The summed E-state index contributed by atoms with van der Waals surface area (Å²) in [4.78, 5) is 25.2. The fraction of sp³-hybridized carbons (Fsp3) is 0.567.